The number of hydrogen-bond acceptors (Lipinski definition) is 4. The number of guanidine groups is 1. The number of sulfone groups is 1. The second-order valence-corrected chi connectivity index (χ2v) is 8.27. The number of hydrogen-bond donors (Lipinski definition) is 2. The number of benzene rings is 1. The predicted octanol–water partition coefficient (Wildman–Crippen LogP) is 1.57. The maximum absolute atomic E-state index is 11.3. The van der Waals surface area contributed by atoms with Gasteiger partial charge in [0, 0.05) is 38.3 Å². The van der Waals surface area contributed by atoms with Gasteiger partial charge in [-0.2, -0.15) is 5.10 Å². The molecule has 0 bridgehead atoms. The molecule has 0 aliphatic carbocycles. The van der Waals surface area contributed by atoms with Crippen molar-refractivity contribution in [2.24, 2.45) is 4.99 Å². The summed E-state index contributed by atoms with van der Waals surface area (Å²) in [6, 6.07) is 9.45. The van der Waals surface area contributed by atoms with E-state index in [0.29, 0.717) is 6.54 Å². The fourth-order valence-electron chi connectivity index (χ4n) is 2.44. The van der Waals surface area contributed by atoms with Crippen molar-refractivity contribution < 1.29 is 8.42 Å². The Hall–Kier alpha value is -2.35. The number of nitrogens with one attached hydrogen (secondary N) is 2. The summed E-state index contributed by atoms with van der Waals surface area (Å²) < 4.78 is 24.6. The van der Waals surface area contributed by atoms with Crippen LogP contribution < -0.4 is 10.6 Å². The van der Waals surface area contributed by atoms with Crippen LogP contribution in [0.5, 0.6) is 0 Å². The summed E-state index contributed by atoms with van der Waals surface area (Å²) in [5.74, 6) is 0.838. The van der Waals surface area contributed by atoms with Crippen molar-refractivity contribution in [2.45, 2.75) is 32.2 Å². The molecule has 142 valence electrons. The van der Waals surface area contributed by atoms with Crippen molar-refractivity contribution in [1.82, 2.24) is 20.4 Å². The van der Waals surface area contributed by atoms with Gasteiger partial charge < -0.3 is 10.6 Å². The van der Waals surface area contributed by atoms with E-state index in [2.05, 4.69) is 20.7 Å². The lowest BCUT2D eigenvalue weighted by Crippen LogP contribution is -2.38. The van der Waals surface area contributed by atoms with Gasteiger partial charge in [-0.05, 0) is 30.5 Å². The van der Waals surface area contributed by atoms with E-state index < -0.39 is 9.84 Å². The first-order valence-electron chi connectivity index (χ1n) is 8.71. The topological polar surface area (TPSA) is 88.4 Å². The van der Waals surface area contributed by atoms with Crippen molar-refractivity contribution in [3.63, 3.8) is 0 Å². The molecule has 0 fully saturated rings. The van der Waals surface area contributed by atoms with Gasteiger partial charge in [0.25, 0.3) is 0 Å². The van der Waals surface area contributed by atoms with E-state index >= 15 is 0 Å². The molecule has 1 aromatic heterocycles. The van der Waals surface area contributed by atoms with E-state index in [4.69, 9.17) is 0 Å². The minimum atomic E-state index is -3.01. The molecule has 0 radical (unpaired) electrons. The molecule has 0 aliphatic rings. The highest BCUT2D eigenvalue weighted by atomic mass is 32.2. The maximum Gasteiger partial charge on any atom is 0.191 e. The number of aliphatic imine (C=N–C) groups is 1. The normalized spacial score (nSPS) is 12.2. The van der Waals surface area contributed by atoms with Crippen molar-refractivity contribution in [3.05, 3.63) is 53.9 Å². The van der Waals surface area contributed by atoms with Gasteiger partial charge in [-0.15, -0.1) is 0 Å². The van der Waals surface area contributed by atoms with Crippen LogP contribution in [-0.2, 0) is 28.7 Å². The lowest BCUT2D eigenvalue weighted by Gasteiger charge is -2.11. The average Bonchev–Trinajstić information content (AvgIpc) is 3.10. The number of rotatable bonds is 9. The molecule has 2 N–H and O–H groups in total. The molecule has 0 atom stereocenters. The molecule has 2 rings (SSSR count). The zero-order chi connectivity index (χ0) is 18.8. The number of nitrogens with zero attached hydrogens (tertiary/aromatic N) is 3. The average molecular weight is 378 g/mol. The Kier molecular flexibility index (Phi) is 7.65. The standard InChI is InChI=1S/C18H27N5O2S/c1-3-19-18(20-10-4-12-23-13-5-11-22-23)21-14-16-6-8-17(9-7-16)15-26(2,24)25/h5-9,11,13H,3-4,10,12,14-15H2,1-2H3,(H2,19,20,21). The smallest absolute Gasteiger partial charge is 0.191 e. The zero-order valence-corrected chi connectivity index (χ0v) is 16.2. The summed E-state index contributed by atoms with van der Waals surface area (Å²) >= 11 is 0. The van der Waals surface area contributed by atoms with Crippen LogP contribution in [0.4, 0.5) is 0 Å². The Bertz CT molecular complexity index is 783. The molecule has 26 heavy (non-hydrogen) atoms. The van der Waals surface area contributed by atoms with Crippen LogP contribution in [0, 0.1) is 0 Å². The molecule has 0 saturated carbocycles. The quantitative estimate of drug-likeness (QED) is 0.393. The molecule has 1 heterocycles. The van der Waals surface area contributed by atoms with Crippen molar-refractivity contribution in [1.29, 1.82) is 0 Å². The highest BCUT2D eigenvalue weighted by Crippen LogP contribution is 2.08. The number of aryl methyl sites for hydroxylation is 1. The highest BCUT2D eigenvalue weighted by Gasteiger charge is 2.04. The summed E-state index contributed by atoms with van der Waals surface area (Å²) in [6.07, 6.45) is 5.92. The molecular weight excluding hydrogens is 350 g/mol. The van der Waals surface area contributed by atoms with E-state index in [0.717, 1.165) is 43.1 Å². The Balaban J connectivity index is 1.83. The lowest BCUT2D eigenvalue weighted by atomic mass is 10.1. The van der Waals surface area contributed by atoms with Crippen LogP contribution >= 0.6 is 0 Å². The molecule has 0 saturated heterocycles. The van der Waals surface area contributed by atoms with Crippen LogP contribution in [0.25, 0.3) is 0 Å². The second-order valence-electron chi connectivity index (χ2n) is 6.13. The molecule has 0 aliphatic heterocycles. The third kappa shape index (κ3) is 7.69. The molecule has 2 aromatic rings. The summed E-state index contributed by atoms with van der Waals surface area (Å²) in [7, 11) is -3.01. The van der Waals surface area contributed by atoms with Gasteiger partial charge in [0.05, 0.1) is 12.3 Å². The Labute approximate surface area is 155 Å². The molecule has 0 spiro atoms. The summed E-state index contributed by atoms with van der Waals surface area (Å²) in [4.78, 5) is 4.58. The lowest BCUT2D eigenvalue weighted by molar-refractivity contribution is 0.570. The Morgan fingerprint density at radius 1 is 1.19 bits per heavy atom. The maximum atomic E-state index is 11.3. The third-order valence-corrected chi connectivity index (χ3v) is 4.49. The van der Waals surface area contributed by atoms with Gasteiger partial charge in [0.1, 0.15) is 0 Å². The van der Waals surface area contributed by atoms with Gasteiger partial charge >= 0.3 is 0 Å². The van der Waals surface area contributed by atoms with E-state index in [1.165, 1.54) is 6.26 Å². The van der Waals surface area contributed by atoms with E-state index in [9.17, 15) is 8.42 Å². The van der Waals surface area contributed by atoms with Crippen molar-refractivity contribution >= 4 is 15.8 Å². The summed E-state index contributed by atoms with van der Waals surface area (Å²) in [5.41, 5.74) is 1.83. The van der Waals surface area contributed by atoms with Crippen LogP contribution in [0.15, 0.2) is 47.7 Å². The highest BCUT2D eigenvalue weighted by molar-refractivity contribution is 7.89. The molecular formula is C18H27N5O2S. The molecule has 7 nitrogen and oxygen atoms in total. The van der Waals surface area contributed by atoms with Gasteiger partial charge in [0.2, 0.25) is 0 Å². The molecule has 1 aromatic carbocycles. The van der Waals surface area contributed by atoms with E-state index in [1.54, 1.807) is 6.20 Å². The van der Waals surface area contributed by atoms with Crippen LogP contribution in [-0.4, -0.2) is 43.5 Å². The van der Waals surface area contributed by atoms with Gasteiger partial charge in [-0.1, -0.05) is 24.3 Å². The summed E-state index contributed by atoms with van der Waals surface area (Å²) in [5, 5.41) is 10.7. The van der Waals surface area contributed by atoms with Crippen molar-refractivity contribution in [3.8, 4) is 0 Å². The fraction of sp³-hybridized carbons (Fsp3) is 0.444. The number of aromatic nitrogens is 2. The first kappa shape index (κ1) is 20.0. The Morgan fingerprint density at radius 2 is 1.92 bits per heavy atom. The molecule has 0 unspecified atom stereocenters. The third-order valence-electron chi connectivity index (χ3n) is 3.63. The van der Waals surface area contributed by atoms with Gasteiger partial charge in [-0.3, -0.25) is 4.68 Å². The van der Waals surface area contributed by atoms with Crippen LogP contribution in [0.3, 0.4) is 0 Å². The first-order valence-corrected chi connectivity index (χ1v) is 10.8. The molecule has 0 amide bonds. The second kappa shape index (κ2) is 9.96. The first-order chi connectivity index (χ1) is 12.5. The monoisotopic (exact) mass is 377 g/mol. The molecule has 8 heteroatoms. The zero-order valence-electron chi connectivity index (χ0n) is 15.4. The summed E-state index contributed by atoms with van der Waals surface area (Å²) in [6.45, 7) is 5.02. The largest absolute Gasteiger partial charge is 0.357 e. The SMILES string of the molecule is CCNC(=NCc1ccc(CS(C)(=O)=O)cc1)NCCCn1cccn1. The van der Waals surface area contributed by atoms with E-state index in [-0.39, 0.29) is 5.75 Å². The van der Waals surface area contributed by atoms with Crippen molar-refractivity contribution in [2.75, 3.05) is 19.3 Å². The Morgan fingerprint density at radius 3 is 2.54 bits per heavy atom. The predicted molar refractivity (Wildman–Crippen MR) is 105 cm³/mol. The van der Waals surface area contributed by atoms with Crippen LogP contribution in [0.2, 0.25) is 0 Å². The van der Waals surface area contributed by atoms with Gasteiger partial charge in [-0.25, -0.2) is 13.4 Å². The van der Waals surface area contributed by atoms with E-state index in [1.807, 2.05) is 48.1 Å². The minimum Gasteiger partial charge on any atom is -0.357 e. The van der Waals surface area contributed by atoms with Crippen LogP contribution in [0.1, 0.15) is 24.5 Å². The minimum absolute atomic E-state index is 0.0665. The van der Waals surface area contributed by atoms with Gasteiger partial charge in [0.15, 0.2) is 15.8 Å². The fourth-order valence-corrected chi connectivity index (χ4v) is 3.23.